The van der Waals surface area contributed by atoms with Crippen molar-refractivity contribution in [2.75, 3.05) is 51.8 Å². The molecule has 41 heavy (non-hydrogen) atoms. The third kappa shape index (κ3) is 8.50. The molecule has 0 bridgehead atoms. The number of hydrogen-bond donors (Lipinski definition) is 3. The Hall–Kier alpha value is -3.01. The molecular formula is C32H46N4O5. The average molecular weight is 567 g/mol. The molecule has 2 aliphatic rings. The maximum Gasteiger partial charge on any atom is 0.326 e. The maximum atomic E-state index is 13.7. The van der Waals surface area contributed by atoms with Crippen molar-refractivity contribution >= 4 is 17.7 Å². The first-order valence-corrected chi connectivity index (χ1v) is 15.1. The number of nitrogens with one attached hydrogen (secondary N) is 2. The highest BCUT2D eigenvalue weighted by Gasteiger charge is 2.43. The van der Waals surface area contributed by atoms with Crippen LogP contribution in [-0.2, 0) is 37.3 Å². The van der Waals surface area contributed by atoms with Gasteiger partial charge in [-0.25, -0.2) is 9.78 Å². The number of benzene rings is 1. The van der Waals surface area contributed by atoms with Crippen molar-refractivity contribution in [3.05, 3.63) is 59.3 Å². The number of hydrogen-bond acceptors (Lipinski definition) is 7. The minimum atomic E-state index is -1.01. The van der Waals surface area contributed by atoms with Gasteiger partial charge in [0.15, 0.2) is 0 Å². The van der Waals surface area contributed by atoms with Crippen molar-refractivity contribution in [1.29, 1.82) is 0 Å². The average Bonchev–Trinajstić information content (AvgIpc) is 3.01. The van der Waals surface area contributed by atoms with Gasteiger partial charge in [-0.2, -0.15) is 0 Å². The number of methoxy groups -OCH3 is 1. The van der Waals surface area contributed by atoms with Gasteiger partial charge in [0.1, 0.15) is 11.9 Å². The molecule has 0 aliphatic carbocycles. The summed E-state index contributed by atoms with van der Waals surface area (Å²) in [6.07, 6.45) is 6.49. The summed E-state index contributed by atoms with van der Waals surface area (Å²) in [4.78, 5) is 33.0. The van der Waals surface area contributed by atoms with Gasteiger partial charge < -0.3 is 30.1 Å². The molecule has 0 spiro atoms. The Bertz CT molecular complexity index is 1120. The number of pyridine rings is 1. The molecule has 0 saturated carbocycles. The number of aliphatic carboxylic acids is 1. The van der Waals surface area contributed by atoms with Crippen molar-refractivity contribution in [2.24, 2.45) is 0 Å². The van der Waals surface area contributed by atoms with Crippen LogP contribution < -0.4 is 10.6 Å². The number of rotatable bonds is 15. The molecule has 1 aromatic carbocycles. The van der Waals surface area contributed by atoms with Crippen LogP contribution in [0.25, 0.3) is 0 Å². The first-order valence-electron chi connectivity index (χ1n) is 15.1. The summed E-state index contributed by atoms with van der Waals surface area (Å²) in [5.41, 5.74) is 2.53. The zero-order valence-electron chi connectivity index (χ0n) is 24.6. The van der Waals surface area contributed by atoms with E-state index in [0.29, 0.717) is 45.6 Å². The number of aryl methyl sites for hydroxylation is 2. The number of carbonyl (C=O) groups excluding carboxylic acids is 1. The second-order valence-electron chi connectivity index (χ2n) is 11.4. The van der Waals surface area contributed by atoms with E-state index in [9.17, 15) is 14.7 Å². The quantitative estimate of drug-likeness (QED) is 0.279. The number of carboxylic acid groups (broad SMARTS) is 1. The SMILES string of the molecule is CO[C@H](C)CN(CCCCc1ccc2c(n1)NCCC2)CC[C@H](NC(=O)C1(c2ccccc2)CCOCC1)C(=O)O. The third-order valence-electron chi connectivity index (χ3n) is 8.47. The van der Waals surface area contributed by atoms with Gasteiger partial charge in [-0.15, -0.1) is 0 Å². The number of carboxylic acids is 1. The Balaban J connectivity index is 1.33. The van der Waals surface area contributed by atoms with Crippen molar-refractivity contribution in [2.45, 2.75) is 75.9 Å². The van der Waals surface area contributed by atoms with E-state index in [4.69, 9.17) is 14.5 Å². The Morgan fingerprint density at radius 3 is 2.66 bits per heavy atom. The van der Waals surface area contributed by atoms with E-state index < -0.39 is 17.4 Å². The molecule has 2 aliphatic heterocycles. The normalized spacial score (nSPS) is 17.7. The summed E-state index contributed by atoms with van der Waals surface area (Å²) in [6, 6.07) is 13.0. The molecule has 9 heteroatoms. The van der Waals surface area contributed by atoms with Crippen LogP contribution >= 0.6 is 0 Å². The summed E-state index contributed by atoms with van der Waals surface area (Å²) in [6.45, 7) is 6.01. The van der Waals surface area contributed by atoms with Crippen LogP contribution in [0.5, 0.6) is 0 Å². The van der Waals surface area contributed by atoms with Gasteiger partial charge in [0.25, 0.3) is 0 Å². The van der Waals surface area contributed by atoms with Gasteiger partial charge in [-0.1, -0.05) is 36.4 Å². The molecular weight excluding hydrogens is 520 g/mol. The molecule has 3 heterocycles. The van der Waals surface area contributed by atoms with Gasteiger partial charge in [-0.3, -0.25) is 4.79 Å². The van der Waals surface area contributed by atoms with Crippen molar-refractivity contribution < 1.29 is 24.2 Å². The van der Waals surface area contributed by atoms with Crippen LogP contribution in [-0.4, -0.2) is 85.5 Å². The first kappa shape index (κ1) is 30.9. The molecule has 3 N–H and O–H groups in total. The van der Waals surface area contributed by atoms with Crippen LogP contribution in [0.1, 0.15) is 62.3 Å². The molecule has 0 unspecified atom stereocenters. The van der Waals surface area contributed by atoms with E-state index in [1.54, 1.807) is 7.11 Å². The predicted octanol–water partition coefficient (Wildman–Crippen LogP) is 3.81. The lowest BCUT2D eigenvalue weighted by molar-refractivity contribution is -0.144. The number of ether oxygens (including phenoxy) is 2. The second kappa shape index (κ2) is 15.3. The summed E-state index contributed by atoms with van der Waals surface area (Å²) >= 11 is 0. The lowest BCUT2D eigenvalue weighted by Crippen LogP contribution is -2.53. The summed E-state index contributed by atoms with van der Waals surface area (Å²) in [7, 11) is 1.69. The van der Waals surface area contributed by atoms with Crippen LogP contribution in [0, 0.1) is 0 Å². The lowest BCUT2D eigenvalue weighted by Gasteiger charge is -2.37. The first-order chi connectivity index (χ1) is 19.9. The van der Waals surface area contributed by atoms with Crippen molar-refractivity contribution in [1.82, 2.24) is 15.2 Å². The molecule has 1 saturated heterocycles. The Morgan fingerprint density at radius 1 is 1.15 bits per heavy atom. The predicted molar refractivity (Wildman–Crippen MR) is 159 cm³/mol. The van der Waals surface area contributed by atoms with E-state index in [1.807, 2.05) is 37.3 Å². The van der Waals surface area contributed by atoms with Gasteiger partial charge >= 0.3 is 5.97 Å². The zero-order chi connectivity index (χ0) is 29.1. The maximum absolute atomic E-state index is 13.7. The highest BCUT2D eigenvalue weighted by atomic mass is 16.5. The summed E-state index contributed by atoms with van der Waals surface area (Å²) in [5.74, 6) is -0.218. The van der Waals surface area contributed by atoms with Gasteiger partial charge in [0, 0.05) is 45.7 Å². The molecule has 1 fully saturated rings. The molecule has 9 nitrogen and oxygen atoms in total. The Kier molecular flexibility index (Phi) is 11.5. The smallest absolute Gasteiger partial charge is 0.326 e. The lowest BCUT2D eigenvalue weighted by atomic mass is 9.73. The molecule has 224 valence electrons. The number of nitrogens with zero attached hydrogens (tertiary/aromatic N) is 2. The topological polar surface area (TPSA) is 113 Å². The van der Waals surface area contributed by atoms with E-state index >= 15 is 0 Å². The number of anilines is 1. The van der Waals surface area contributed by atoms with E-state index in [2.05, 4.69) is 27.7 Å². The largest absolute Gasteiger partial charge is 0.480 e. The standard InChI is InChI=1S/C32H46N4O5/c1-24(40-2)23-36(19-7-6-12-27-14-13-25-9-8-18-33-29(25)34-27)20-15-28(30(37)38)35-31(39)32(16-21-41-22-17-32)26-10-4-3-5-11-26/h3-5,10-11,13-14,24,28H,6-9,12,15-23H2,1-2H3,(H,33,34)(H,35,39)(H,37,38)/t24-,28+/m1/s1. The van der Waals surface area contributed by atoms with E-state index in [0.717, 1.165) is 62.3 Å². The van der Waals surface area contributed by atoms with Gasteiger partial charge in [0.2, 0.25) is 5.91 Å². The fraction of sp³-hybridized carbons (Fsp3) is 0.594. The minimum absolute atomic E-state index is 0.0184. The van der Waals surface area contributed by atoms with E-state index in [-0.39, 0.29) is 12.0 Å². The molecule has 2 atom stereocenters. The minimum Gasteiger partial charge on any atom is -0.480 e. The van der Waals surface area contributed by atoms with Crippen LogP contribution in [0.4, 0.5) is 5.82 Å². The number of amides is 1. The summed E-state index contributed by atoms with van der Waals surface area (Å²) in [5, 5.41) is 16.3. The number of fused-ring (bicyclic) bond motifs is 1. The third-order valence-corrected chi connectivity index (χ3v) is 8.47. The molecule has 2 aromatic rings. The number of aromatic nitrogens is 1. The highest BCUT2D eigenvalue weighted by Crippen LogP contribution is 2.35. The van der Waals surface area contributed by atoms with Crippen LogP contribution in [0.3, 0.4) is 0 Å². The summed E-state index contributed by atoms with van der Waals surface area (Å²) < 4.78 is 11.1. The number of unbranched alkanes of at least 4 members (excludes halogenated alkanes) is 1. The molecule has 1 aromatic heterocycles. The van der Waals surface area contributed by atoms with Crippen molar-refractivity contribution in [3.63, 3.8) is 0 Å². The zero-order valence-corrected chi connectivity index (χ0v) is 24.6. The van der Waals surface area contributed by atoms with Crippen LogP contribution in [0.2, 0.25) is 0 Å². The fourth-order valence-electron chi connectivity index (χ4n) is 5.87. The van der Waals surface area contributed by atoms with Crippen molar-refractivity contribution in [3.8, 4) is 0 Å². The monoisotopic (exact) mass is 566 g/mol. The Morgan fingerprint density at radius 2 is 1.93 bits per heavy atom. The van der Waals surface area contributed by atoms with Crippen LogP contribution in [0.15, 0.2) is 42.5 Å². The number of carbonyl (C=O) groups is 2. The Labute approximate surface area is 244 Å². The highest BCUT2D eigenvalue weighted by molar-refractivity contribution is 5.91. The molecule has 0 radical (unpaired) electrons. The van der Waals surface area contributed by atoms with Gasteiger partial charge in [-0.05, 0) is 82.0 Å². The fourth-order valence-corrected chi connectivity index (χ4v) is 5.87. The van der Waals surface area contributed by atoms with Gasteiger partial charge in [0.05, 0.1) is 11.5 Å². The molecule has 4 rings (SSSR count). The van der Waals surface area contributed by atoms with E-state index in [1.165, 1.54) is 5.56 Å². The molecule has 1 amide bonds. The second-order valence-corrected chi connectivity index (χ2v) is 11.4.